The molecule has 0 spiro atoms. The maximum atomic E-state index is 6.39. The lowest BCUT2D eigenvalue weighted by atomic mass is 11.8. The fourth-order valence-corrected chi connectivity index (χ4v) is 19.2. The number of rotatable bonds is 9. The first kappa shape index (κ1) is 44.6. The van der Waals surface area contributed by atoms with Gasteiger partial charge in [0.25, 0.3) is 0 Å². The van der Waals surface area contributed by atoms with Gasteiger partial charge in [0.15, 0.2) is 8.32 Å². The minimum Gasteiger partial charge on any atom is -0.436 e. The Morgan fingerprint density at radius 2 is 1.04 bits per heavy atom. The molecule has 24 heavy (non-hydrogen) atoms. The van der Waals surface area contributed by atoms with Crippen molar-refractivity contribution in [2.45, 2.75) is 77.3 Å². The maximum absolute atomic E-state index is 6.39. The van der Waals surface area contributed by atoms with E-state index in [9.17, 15) is 0 Å². The van der Waals surface area contributed by atoms with Gasteiger partial charge in [0.2, 0.25) is 0 Å². The summed E-state index contributed by atoms with van der Waals surface area (Å²) in [7, 11) is -4.02. The summed E-state index contributed by atoms with van der Waals surface area (Å²) in [5.74, 6) is 0. The number of hydrogen-bond acceptors (Lipinski definition) is 5. The van der Waals surface area contributed by atoms with Crippen LogP contribution in [0.5, 0.6) is 0 Å². The third-order valence-electron chi connectivity index (χ3n) is 2.31. The molecule has 0 aromatic rings. The van der Waals surface area contributed by atoms with Crippen LogP contribution in [0, 0.1) is 0 Å². The summed E-state index contributed by atoms with van der Waals surface area (Å²) in [5, 5.41) is 2.06. The lowest BCUT2D eigenvalue weighted by Gasteiger charge is -2.38. The summed E-state index contributed by atoms with van der Waals surface area (Å²) in [5.41, 5.74) is 0. The molecule has 0 heterocycles. The highest BCUT2D eigenvalue weighted by Gasteiger charge is 2.42. The summed E-state index contributed by atoms with van der Waals surface area (Å²) in [6, 6.07) is 0. The Balaban J connectivity index is -0.0000000963. The van der Waals surface area contributed by atoms with Gasteiger partial charge in [-0.3, -0.25) is 0 Å². The van der Waals surface area contributed by atoms with Gasteiger partial charge in [0, 0.05) is 17.9 Å². The Bertz CT molecular complexity index is 259. The summed E-state index contributed by atoms with van der Waals surface area (Å²) in [6.07, 6.45) is 4.23. The Morgan fingerprint density at radius 3 is 1.33 bits per heavy atom. The van der Waals surface area contributed by atoms with Crippen LogP contribution in [0.2, 0.25) is 32.7 Å². The Hall–Kier alpha value is 1.23. The van der Waals surface area contributed by atoms with Gasteiger partial charge in [0.1, 0.15) is 0 Å². The van der Waals surface area contributed by atoms with Gasteiger partial charge in [0.05, 0.1) is 0 Å². The normalized spacial score (nSPS) is 12.5. The van der Waals surface area contributed by atoms with Crippen LogP contribution >= 0.6 is 23.5 Å². The molecule has 0 amide bonds. The van der Waals surface area contributed by atoms with Crippen molar-refractivity contribution in [3.63, 3.8) is 0 Å². The maximum Gasteiger partial charge on any atom is 0.336 e. The Kier molecular flexibility index (Phi) is 35.3. The minimum atomic E-state index is -2.10. The van der Waals surface area contributed by atoms with E-state index in [0.29, 0.717) is 0 Å². The largest absolute Gasteiger partial charge is 0.436 e. The van der Waals surface area contributed by atoms with Crippen LogP contribution in [0.15, 0.2) is 0 Å². The first-order valence-electron chi connectivity index (χ1n) is 6.03. The van der Waals surface area contributed by atoms with E-state index in [1.54, 1.807) is 18.9 Å². The van der Waals surface area contributed by atoms with Gasteiger partial charge in [-0.25, -0.2) is 0 Å². The SMILES string of the molecule is C.C.C.C.C.C.CO[Si](C)(CSC)O[Si](C)(C)O[Si](C)(C)CSC. The molecule has 1 atom stereocenters. The van der Waals surface area contributed by atoms with Crippen LogP contribution in [0.25, 0.3) is 0 Å². The quantitative estimate of drug-likeness (QED) is 0.351. The second kappa shape index (κ2) is 19.0. The Morgan fingerprint density at radius 1 is 0.667 bits per heavy atom. The topological polar surface area (TPSA) is 27.7 Å². The van der Waals surface area contributed by atoms with Crippen molar-refractivity contribution < 1.29 is 12.7 Å². The Labute approximate surface area is 169 Å². The van der Waals surface area contributed by atoms with Crippen molar-refractivity contribution in [1.82, 2.24) is 0 Å². The van der Waals surface area contributed by atoms with Crippen molar-refractivity contribution in [3.05, 3.63) is 0 Å². The fourth-order valence-electron chi connectivity index (χ4n) is 1.98. The van der Waals surface area contributed by atoms with Crippen molar-refractivity contribution >= 4 is 49.0 Å². The van der Waals surface area contributed by atoms with Gasteiger partial charge < -0.3 is 12.7 Å². The van der Waals surface area contributed by atoms with Crippen LogP contribution in [-0.4, -0.2) is 55.8 Å². The third kappa shape index (κ3) is 19.6. The summed E-state index contributed by atoms with van der Waals surface area (Å²) in [4.78, 5) is 0. The van der Waals surface area contributed by atoms with Crippen molar-refractivity contribution in [2.75, 3.05) is 30.4 Å². The molecule has 0 N–H and O–H groups in total. The third-order valence-corrected chi connectivity index (χ3v) is 18.2. The van der Waals surface area contributed by atoms with E-state index in [-0.39, 0.29) is 44.6 Å². The molecular formula is C16H52O3S2Si3. The van der Waals surface area contributed by atoms with E-state index in [1.165, 1.54) is 0 Å². The molecule has 0 saturated carbocycles. The molecule has 0 saturated heterocycles. The molecule has 0 rings (SSSR count). The molecule has 8 heteroatoms. The standard InChI is InChI=1S/C10H28O3S2Si3.6CH4/c1-11-18(8,10-15-3)13-17(6,7)12-16(4,5)9-14-2;;;;;;/h9-10H2,1-8H3;6*1H4. The average Bonchev–Trinajstić information content (AvgIpc) is 2.14. The van der Waals surface area contributed by atoms with Gasteiger partial charge in [-0.2, -0.15) is 23.5 Å². The van der Waals surface area contributed by atoms with Gasteiger partial charge >= 0.3 is 17.1 Å². The van der Waals surface area contributed by atoms with Crippen LogP contribution in [-0.2, 0) is 12.7 Å². The van der Waals surface area contributed by atoms with Gasteiger partial charge in [-0.05, 0) is 45.2 Å². The molecule has 3 nitrogen and oxygen atoms in total. The first-order chi connectivity index (χ1) is 8.10. The van der Waals surface area contributed by atoms with Crippen molar-refractivity contribution in [1.29, 1.82) is 0 Å². The minimum absolute atomic E-state index is 0. The predicted octanol–water partition coefficient (Wildman–Crippen LogP) is 7.27. The zero-order valence-electron chi connectivity index (χ0n) is 13.0. The van der Waals surface area contributed by atoms with Gasteiger partial charge in [-0.1, -0.05) is 44.6 Å². The van der Waals surface area contributed by atoms with E-state index in [4.69, 9.17) is 12.7 Å². The van der Waals surface area contributed by atoms with E-state index >= 15 is 0 Å². The lowest BCUT2D eigenvalue weighted by Crippen LogP contribution is -2.56. The molecular weight excluding hydrogens is 389 g/mol. The smallest absolute Gasteiger partial charge is 0.336 e. The monoisotopic (exact) mass is 440 g/mol. The van der Waals surface area contributed by atoms with Crippen molar-refractivity contribution in [3.8, 4) is 0 Å². The second-order valence-corrected chi connectivity index (χ2v) is 19.7. The second-order valence-electron chi connectivity index (χ2n) is 5.57. The zero-order chi connectivity index (χ0) is 14.4. The molecule has 0 aliphatic heterocycles. The number of thioether (sulfide) groups is 2. The highest BCUT2D eigenvalue weighted by Crippen LogP contribution is 2.24. The molecule has 0 aromatic heterocycles. The first-order valence-corrected chi connectivity index (χ1v) is 17.3. The van der Waals surface area contributed by atoms with E-state index in [1.807, 2.05) is 11.8 Å². The van der Waals surface area contributed by atoms with E-state index in [2.05, 4.69) is 45.2 Å². The van der Waals surface area contributed by atoms with Gasteiger partial charge in [-0.15, -0.1) is 0 Å². The van der Waals surface area contributed by atoms with Crippen LogP contribution in [0.3, 0.4) is 0 Å². The van der Waals surface area contributed by atoms with Crippen LogP contribution < -0.4 is 0 Å². The molecule has 0 bridgehead atoms. The highest BCUT2D eigenvalue weighted by molar-refractivity contribution is 8.00. The summed E-state index contributed by atoms with van der Waals surface area (Å²) in [6.45, 7) is 11.0. The predicted molar refractivity (Wildman–Crippen MR) is 133 cm³/mol. The lowest BCUT2D eigenvalue weighted by molar-refractivity contribution is 0.279. The molecule has 0 aliphatic carbocycles. The highest BCUT2D eigenvalue weighted by atomic mass is 32.2. The summed E-state index contributed by atoms with van der Waals surface area (Å²) >= 11 is 3.65. The van der Waals surface area contributed by atoms with Crippen LogP contribution in [0.4, 0.5) is 0 Å². The molecule has 0 aliphatic rings. The molecule has 0 aromatic carbocycles. The van der Waals surface area contributed by atoms with Crippen LogP contribution in [0.1, 0.15) is 44.6 Å². The molecule has 0 radical (unpaired) electrons. The van der Waals surface area contributed by atoms with Crippen molar-refractivity contribution in [2.24, 2.45) is 0 Å². The summed E-state index contributed by atoms with van der Waals surface area (Å²) < 4.78 is 18.4. The number of hydrogen-bond donors (Lipinski definition) is 0. The van der Waals surface area contributed by atoms with E-state index in [0.717, 1.165) is 10.8 Å². The average molecular weight is 441 g/mol. The molecule has 158 valence electrons. The molecule has 0 fully saturated rings. The van der Waals surface area contributed by atoms with E-state index < -0.39 is 25.4 Å². The molecule has 1 unspecified atom stereocenters. The fraction of sp³-hybridized carbons (Fsp3) is 1.00. The zero-order valence-corrected chi connectivity index (χ0v) is 17.6.